The monoisotopic (exact) mass is 788 g/mol. The maximum absolute atomic E-state index is 12.7. The van der Waals surface area contributed by atoms with Gasteiger partial charge in [0, 0.05) is 12.8 Å². The van der Waals surface area contributed by atoms with Crippen LogP contribution in [0.3, 0.4) is 0 Å². The fourth-order valence-electron chi connectivity index (χ4n) is 6.24. The summed E-state index contributed by atoms with van der Waals surface area (Å²) < 4.78 is 33.9. The molecule has 0 spiro atoms. The Kier molecular flexibility index (Phi) is 36.5. The second-order valence-corrected chi connectivity index (χ2v) is 17.8. The molecule has 0 aromatic rings. The molecule has 0 radical (unpaired) electrons. The second-order valence-electron chi connectivity index (χ2n) is 16.4. The zero-order chi connectivity index (χ0) is 40.0. The number of allylic oxidation sites excluding steroid dienone is 2. The van der Waals surface area contributed by atoms with Crippen LogP contribution in [0, 0.1) is 0 Å². The summed E-state index contributed by atoms with van der Waals surface area (Å²) in [6, 6.07) is 0. The van der Waals surface area contributed by atoms with E-state index in [0.717, 1.165) is 38.5 Å². The lowest BCUT2D eigenvalue weighted by Crippen LogP contribution is -2.37. The van der Waals surface area contributed by atoms with E-state index in [-0.39, 0.29) is 32.0 Å². The Morgan fingerprint density at radius 2 is 0.944 bits per heavy atom. The number of hydrogen-bond donors (Lipinski definition) is 0. The number of quaternary nitrogens is 1. The lowest BCUT2D eigenvalue weighted by molar-refractivity contribution is -0.870. The summed E-state index contributed by atoms with van der Waals surface area (Å²) in [6.45, 7) is 4.23. The molecule has 54 heavy (non-hydrogen) atoms. The van der Waals surface area contributed by atoms with Gasteiger partial charge in [0.25, 0.3) is 7.82 Å². The minimum Gasteiger partial charge on any atom is -0.756 e. The number of likely N-dealkylation sites (N-methyl/N-ethyl adjacent to an activating group) is 1. The zero-order valence-corrected chi connectivity index (χ0v) is 36.8. The van der Waals surface area contributed by atoms with Crippen LogP contribution < -0.4 is 4.89 Å². The van der Waals surface area contributed by atoms with Crippen molar-refractivity contribution in [2.75, 3.05) is 47.5 Å². The van der Waals surface area contributed by atoms with Crippen molar-refractivity contribution in [3.8, 4) is 0 Å². The zero-order valence-electron chi connectivity index (χ0n) is 35.9. The van der Waals surface area contributed by atoms with Gasteiger partial charge in [0.05, 0.1) is 27.7 Å². The third-order valence-corrected chi connectivity index (χ3v) is 10.7. The van der Waals surface area contributed by atoms with Crippen LogP contribution in [-0.4, -0.2) is 70.0 Å². The van der Waals surface area contributed by atoms with Gasteiger partial charge in [-0.3, -0.25) is 14.2 Å². The van der Waals surface area contributed by atoms with Gasteiger partial charge in [-0.1, -0.05) is 167 Å². The largest absolute Gasteiger partial charge is 0.756 e. The summed E-state index contributed by atoms with van der Waals surface area (Å²) in [5.74, 6) is -0.850. The molecular weight excluding hydrogens is 701 g/mol. The van der Waals surface area contributed by atoms with Crippen LogP contribution in [0.15, 0.2) is 12.2 Å². The van der Waals surface area contributed by atoms with E-state index in [9.17, 15) is 19.0 Å². The molecule has 0 amide bonds. The minimum absolute atomic E-state index is 0.0311. The van der Waals surface area contributed by atoms with E-state index < -0.39 is 26.5 Å². The van der Waals surface area contributed by atoms with Crippen LogP contribution >= 0.6 is 7.82 Å². The molecule has 0 aliphatic carbocycles. The summed E-state index contributed by atoms with van der Waals surface area (Å²) in [6.07, 6.45) is 38.1. The number of esters is 2. The number of ether oxygens (including phenoxy) is 2. The smallest absolute Gasteiger partial charge is 0.306 e. The Bertz CT molecular complexity index is 938. The average Bonchev–Trinajstić information content (AvgIpc) is 3.12. The number of hydrogen-bond acceptors (Lipinski definition) is 8. The Hall–Kier alpha value is -1.25. The molecule has 0 heterocycles. The van der Waals surface area contributed by atoms with Crippen LogP contribution in [0.25, 0.3) is 0 Å². The standard InChI is InChI=1S/C44H86NO8P/c1-6-8-10-12-14-16-18-20-22-24-26-28-30-32-34-36-43(46)50-40-42(41-52-54(48,49)51-39-38-45(3,4)5)53-44(47)37-35-33-31-29-27-25-23-21-19-17-15-13-11-9-7-2/h27,29,42H,6-26,28,30-41H2,1-5H3/b29-27+/t42-/m1/s1. The van der Waals surface area contributed by atoms with Crippen molar-refractivity contribution in [3.05, 3.63) is 12.2 Å². The van der Waals surface area contributed by atoms with E-state index in [2.05, 4.69) is 26.0 Å². The van der Waals surface area contributed by atoms with Crippen LogP contribution in [-0.2, 0) is 32.7 Å². The summed E-state index contributed by atoms with van der Waals surface area (Å²) in [4.78, 5) is 37.5. The van der Waals surface area contributed by atoms with Gasteiger partial charge in [0.15, 0.2) is 6.10 Å². The number of unbranched alkanes of at least 4 members (excludes halogenated alkanes) is 25. The van der Waals surface area contributed by atoms with Gasteiger partial charge >= 0.3 is 11.9 Å². The lowest BCUT2D eigenvalue weighted by Gasteiger charge is -2.28. The van der Waals surface area contributed by atoms with Gasteiger partial charge in [0.1, 0.15) is 19.8 Å². The van der Waals surface area contributed by atoms with Crippen molar-refractivity contribution in [2.45, 2.75) is 213 Å². The first-order chi connectivity index (χ1) is 26.0. The number of phosphoric ester groups is 1. The highest BCUT2D eigenvalue weighted by Gasteiger charge is 2.21. The highest BCUT2D eigenvalue weighted by molar-refractivity contribution is 7.45. The molecule has 0 aromatic heterocycles. The highest BCUT2D eigenvalue weighted by atomic mass is 31.2. The van der Waals surface area contributed by atoms with Crippen LogP contribution in [0.2, 0.25) is 0 Å². The number of rotatable bonds is 41. The number of nitrogens with zero attached hydrogens (tertiary/aromatic N) is 1. The SMILES string of the molecule is CCCCCCCCCCC/C=C/CCCCC(=O)O[C@H](COC(=O)CCCCCCCCCCCCCCCCC)COP(=O)([O-])OCC[N+](C)(C)C. The fourth-order valence-corrected chi connectivity index (χ4v) is 6.97. The van der Waals surface area contributed by atoms with Crippen LogP contribution in [0.1, 0.15) is 206 Å². The Morgan fingerprint density at radius 3 is 1.41 bits per heavy atom. The van der Waals surface area contributed by atoms with E-state index in [1.807, 2.05) is 21.1 Å². The molecule has 10 heteroatoms. The van der Waals surface area contributed by atoms with Crippen molar-refractivity contribution in [3.63, 3.8) is 0 Å². The van der Waals surface area contributed by atoms with Gasteiger partial charge in [-0.2, -0.15) is 0 Å². The molecule has 0 aromatic carbocycles. The van der Waals surface area contributed by atoms with Crippen molar-refractivity contribution < 1.29 is 42.1 Å². The summed E-state index contributed by atoms with van der Waals surface area (Å²) in [5, 5.41) is 0. The first-order valence-electron chi connectivity index (χ1n) is 22.4. The number of carbonyl (C=O) groups excluding carboxylic acids is 2. The van der Waals surface area contributed by atoms with Gasteiger partial charge in [0.2, 0.25) is 0 Å². The molecule has 0 saturated carbocycles. The molecule has 0 fully saturated rings. The van der Waals surface area contributed by atoms with Crippen molar-refractivity contribution in [1.82, 2.24) is 0 Å². The van der Waals surface area contributed by atoms with Gasteiger partial charge in [-0.25, -0.2) is 0 Å². The Morgan fingerprint density at radius 1 is 0.556 bits per heavy atom. The molecule has 0 N–H and O–H groups in total. The van der Waals surface area contributed by atoms with Crippen molar-refractivity contribution >= 4 is 19.8 Å². The molecule has 9 nitrogen and oxygen atoms in total. The predicted octanol–water partition coefficient (Wildman–Crippen LogP) is 11.9. The minimum atomic E-state index is -4.62. The summed E-state index contributed by atoms with van der Waals surface area (Å²) in [7, 11) is 1.16. The van der Waals surface area contributed by atoms with Gasteiger partial charge in [-0.05, 0) is 38.5 Å². The molecule has 0 saturated heterocycles. The normalized spacial score (nSPS) is 13.7. The van der Waals surface area contributed by atoms with Crippen LogP contribution in [0.5, 0.6) is 0 Å². The van der Waals surface area contributed by atoms with E-state index >= 15 is 0 Å². The van der Waals surface area contributed by atoms with Gasteiger partial charge < -0.3 is 27.9 Å². The maximum atomic E-state index is 12.7. The molecule has 2 atom stereocenters. The first-order valence-corrected chi connectivity index (χ1v) is 23.9. The molecule has 320 valence electrons. The summed E-state index contributed by atoms with van der Waals surface area (Å²) >= 11 is 0. The maximum Gasteiger partial charge on any atom is 0.306 e. The van der Waals surface area contributed by atoms with E-state index in [1.54, 1.807) is 0 Å². The quantitative estimate of drug-likeness (QED) is 0.0198. The lowest BCUT2D eigenvalue weighted by atomic mass is 10.0. The predicted molar refractivity (Wildman–Crippen MR) is 222 cm³/mol. The molecule has 0 aliphatic heterocycles. The van der Waals surface area contributed by atoms with E-state index in [4.69, 9.17) is 18.5 Å². The molecule has 1 unspecified atom stereocenters. The topological polar surface area (TPSA) is 111 Å². The highest BCUT2D eigenvalue weighted by Crippen LogP contribution is 2.38. The van der Waals surface area contributed by atoms with Gasteiger partial charge in [-0.15, -0.1) is 0 Å². The van der Waals surface area contributed by atoms with E-state index in [0.29, 0.717) is 17.4 Å². The molecule has 0 rings (SSSR count). The summed E-state index contributed by atoms with van der Waals surface area (Å²) in [5.41, 5.74) is 0. The fraction of sp³-hybridized carbons (Fsp3) is 0.909. The molecule has 0 bridgehead atoms. The van der Waals surface area contributed by atoms with Crippen LogP contribution in [0.4, 0.5) is 0 Å². The van der Waals surface area contributed by atoms with Crippen molar-refractivity contribution in [2.24, 2.45) is 0 Å². The molecular formula is C44H86NO8P. The second kappa shape index (κ2) is 37.3. The van der Waals surface area contributed by atoms with E-state index in [1.165, 1.54) is 135 Å². The number of phosphoric acid groups is 1. The first kappa shape index (κ1) is 52.8. The average molecular weight is 788 g/mol. The third-order valence-electron chi connectivity index (χ3n) is 9.79. The van der Waals surface area contributed by atoms with Crippen molar-refractivity contribution in [1.29, 1.82) is 0 Å². The third kappa shape index (κ3) is 40.4. The molecule has 0 aliphatic rings. The number of carbonyl (C=O) groups is 2. The Balaban J connectivity index is 4.35. The Labute approximate surface area is 333 Å².